The fourth-order valence-electron chi connectivity index (χ4n) is 3.62. The first-order valence-electron chi connectivity index (χ1n) is 10.2. The van der Waals surface area contributed by atoms with Gasteiger partial charge in [0.1, 0.15) is 18.4 Å². The highest BCUT2D eigenvalue weighted by Crippen LogP contribution is 2.42. The van der Waals surface area contributed by atoms with Gasteiger partial charge >= 0.3 is 5.97 Å². The molecule has 1 aliphatic rings. The summed E-state index contributed by atoms with van der Waals surface area (Å²) in [4.78, 5) is 13.2. The number of hydrogen-bond acceptors (Lipinski definition) is 5. The molecule has 1 atom stereocenters. The number of rotatable bonds is 8. The molecule has 2 heterocycles. The number of carboxylic acids is 1. The van der Waals surface area contributed by atoms with Crippen molar-refractivity contribution in [2.24, 2.45) is 0 Å². The summed E-state index contributed by atoms with van der Waals surface area (Å²) in [6, 6.07) is 18.1. The van der Waals surface area contributed by atoms with E-state index >= 15 is 0 Å². The number of para-hydroxylation sites is 1. The van der Waals surface area contributed by atoms with Crippen molar-refractivity contribution >= 4 is 33.4 Å². The van der Waals surface area contributed by atoms with E-state index in [0.717, 1.165) is 26.1 Å². The number of ether oxygens (including phenoxy) is 1. The zero-order valence-corrected chi connectivity index (χ0v) is 19.1. The highest BCUT2D eigenvalue weighted by Gasteiger charge is 2.42. The number of sulfonamides is 1. The molecule has 0 aliphatic carbocycles. The summed E-state index contributed by atoms with van der Waals surface area (Å²) in [6.07, 6.45) is 4.14. The van der Waals surface area contributed by atoms with E-state index in [9.17, 15) is 18.3 Å². The Morgan fingerprint density at radius 1 is 1.19 bits per heavy atom. The highest BCUT2D eigenvalue weighted by molar-refractivity contribution is 7.89. The van der Waals surface area contributed by atoms with Gasteiger partial charge in [-0.05, 0) is 41.8 Å². The molecule has 1 N–H and O–H groups in total. The molecule has 0 amide bonds. The molecule has 6 nitrogen and oxygen atoms in total. The van der Waals surface area contributed by atoms with Gasteiger partial charge in [-0.25, -0.2) is 8.42 Å². The van der Waals surface area contributed by atoms with Crippen LogP contribution in [0.2, 0.25) is 0 Å². The Bertz CT molecular complexity index is 1230. The summed E-state index contributed by atoms with van der Waals surface area (Å²) in [7, 11) is -3.80. The SMILES string of the molecule is CCC(C(=O)O)N1Cc2sc(-c3ccc(/C=C/COc4ccccc4)cc3)cc2S1(=O)=O. The van der Waals surface area contributed by atoms with Crippen LogP contribution in [-0.2, 0) is 21.4 Å². The van der Waals surface area contributed by atoms with Crippen LogP contribution in [0.3, 0.4) is 0 Å². The minimum atomic E-state index is -3.80. The van der Waals surface area contributed by atoms with Crippen LogP contribution in [0, 0.1) is 0 Å². The molecule has 0 saturated carbocycles. The van der Waals surface area contributed by atoms with Crippen LogP contribution in [0.25, 0.3) is 16.5 Å². The molecule has 1 aliphatic heterocycles. The second kappa shape index (κ2) is 9.28. The monoisotopic (exact) mass is 469 g/mol. The molecule has 166 valence electrons. The van der Waals surface area contributed by atoms with Crippen molar-refractivity contribution < 1.29 is 23.1 Å². The molecule has 0 radical (unpaired) electrons. The summed E-state index contributed by atoms with van der Waals surface area (Å²) in [5.74, 6) is -0.301. The number of benzene rings is 2. The minimum absolute atomic E-state index is 0.107. The van der Waals surface area contributed by atoms with Gasteiger partial charge in [-0.2, -0.15) is 4.31 Å². The Hall–Kier alpha value is -2.94. The number of fused-ring (bicyclic) bond motifs is 1. The number of nitrogens with zero attached hydrogens (tertiary/aromatic N) is 1. The van der Waals surface area contributed by atoms with Crippen molar-refractivity contribution in [1.82, 2.24) is 4.31 Å². The molecule has 0 spiro atoms. The Labute approximate surface area is 191 Å². The summed E-state index contributed by atoms with van der Waals surface area (Å²) in [5, 5.41) is 9.36. The van der Waals surface area contributed by atoms with Crippen LogP contribution >= 0.6 is 11.3 Å². The first kappa shape index (κ1) is 22.3. The van der Waals surface area contributed by atoms with Crippen molar-refractivity contribution in [3.63, 3.8) is 0 Å². The molecule has 3 aromatic rings. The Balaban J connectivity index is 1.44. The number of carbonyl (C=O) groups is 1. The van der Waals surface area contributed by atoms with Crippen LogP contribution in [0.15, 0.2) is 71.6 Å². The average molecular weight is 470 g/mol. The van der Waals surface area contributed by atoms with E-state index in [1.54, 1.807) is 13.0 Å². The molecule has 1 aromatic heterocycles. The molecule has 4 rings (SSSR count). The maximum atomic E-state index is 12.9. The maximum absolute atomic E-state index is 12.9. The summed E-state index contributed by atoms with van der Waals surface area (Å²) >= 11 is 1.39. The van der Waals surface area contributed by atoms with Gasteiger partial charge in [0.25, 0.3) is 0 Å². The van der Waals surface area contributed by atoms with Gasteiger partial charge in [0.15, 0.2) is 0 Å². The van der Waals surface area contributed by atoms with Gasteiger partial charge in [-0.1, -0.05) is 55.5 Å². The molecule has 8 heteroatoms. The summed E-state index contributed by atoms with van der Waals surface area (Å²) in [5.41, 5.74) is 1.94. The largest absolute Gasteiger partial charge is 0.490 e. The average Bonchev–Trinajstić information content (AvgIpc) is 3.31. The summed E-state index contributed by atoms with van der Waals surface area (Å²) < 4.78 is 32.5. The van der Waals surface area contributed by atoms with E-state index in [0.29, 0.717) is 11.5 Å². The van der Waals surface area contributed by atoms with Gasteiger partial charge in [-0.3, -0.25) is 4.79 Å². The fourth-order valence-corrected chi connectivity index (χ4v) is 7.02. The Morgan fingerprint density at radius 2 is 1.91 bits per heavy atom. The predicted octanol–water partition coefficient (Wildman–Crippen LogP) is 4.87. The first-order valence-corrected chi connectivity index (χ1v) is 12.5. The zero-order chi connectivity index (χ0) is 22.7. The van der Waals surface area contributed by atoms with E-state index in [1.807, 2.05) is 66.7 Å². The molecule has 32 heavy (non-hydrogen) atoms. The Kier molecular flexibility index (Phi) is 6.45. The third-order valence-corrected chi connectivity index (χ3v) is 8.49. The molecule has 2 aromatic carbocycles. The third-order valence-electron chi connectivity index (χ3n) is 5.27. The minimum Gasteiger partial charge on any atom is -0.490 e. The lowest BCUT2D eigenvalue weighted by molar-refractivity contribution is -0.141. The van der Waals surface area contributed by atoms with E-state index in [-0.39, 0.29) is 17.9 Å². The van der Waals surface area contributed by atoms with Gasteiger partial charge in [0.2, 0.25) is 10.0 Å². The van der Waals surface area contributed by atoms with Crippen LogP contribution in [0.1, 0.15) is 23.8 Å². The Morgan fingerprint density at radius 3 is 2.53 bits per heavy atom. The molecule has 0 fully saturated rings. The standard InChI is InChI=1S/C24H23NO5S2/c1-2-20(24(26)27)25-16-22-23(32(25,28)29)15-21(31-22)18-12-10-17(11-13-18)7-6-14-30-19-8-4-3-5-9-19/h3-13,15,20H,2,14,16H2,1H3,(H,26,27)/b7-6+. The maximum Gasteiger partial charge on any atom is 0.322 e. The lowest BCUT2D eigenvalue weighted by Gasteiger charge is -2.21. The van der Waals surface area contributed by atoms with Crippen molar-refractivity contribution in [3.05, 3.63) is 77.2 Å². The number of carboxylic acid groups (broad SMARTS) is 1. The fraction of sp³-hybridized carbons (Fsp3) is 0.208. The highest BCUT2D eigenvalue weighted by atomic mass is 32.2. The van der Waals surface area contributed by atoms with Crippen LogP contribution in [0.5, 0.6) is 5.75 Å². The molecular weight excluding hydrogens is 446 g/mol. The van der Waals surface area contributed by atoms with Gasteiger partial charge in [0, 0.05) is 9.75 Å². The van der Waals surface area contributed by atoms with Crippen molar-refractivity contribution in [1.29, 1.82) is 0 Å². The smallest absolute Gasteiger partial charge is 0.322 e. The molecular formula is C24H23NO5S2. The zero-order valence-electron chi connectivity index (χ0n) is 17.5. The molecule has 0 bridgehead atoms. The van der Waals surface area contributed by atoms with Crippen LogP contribution in [-0.4, -0.2) is 36.4 Å². The number of thiophene rings is 1. The normalized spacial score (nSPS) is 16.2. The second-order valence-electron chi connectivity index (χ2n) is 7.36. The lowest BCUT2D eigenvalue weighted by Crippen LogP contribution is -2.40. The quantitative estimate of drug-likeness (QED) is 0.509. The van der Waals surface area contributed by atoms with E-state index in [1.165, 1.54) is 11.3 Å². The first-order chi connectivity index (χ1) is 15.4. The molecule has 1 unspecified atom stereocenters. The van der Waals surface area contributed by atoms with Gasteiger partial charge < -0.3 is 9.84 Å². The van der Waals surface area contributed by atoms with Crippen molar-refractivity contribution in [2.45, 2.75) is 30.8 Å². The number of hydrogen-bond donors (Lipinski definition) is 1. The third kappa shape index (κ3) is 4.48. The van der Waals surface area contributed by atoms with E-state index in [2.05, 4.69) is 0 Å². The topological polar surface area (TPSA) is 83.9 Å². The van der Waals surface area contributed by atoms with Gasteiger partial charge in [-0.15, -0.1) is 11.3 Å². The van der Waals surface area contributed by atoms with Crippen LogP contribution in [0.4, 0.5) is 0 Å². The predicted molar refractivity (Wildman–Crippen MR) is 125 cm³/mol. The van der Waals surface area contributed by atoms with Crippen molar-refractivity contribution in [2.75, 3.05) is 6.61 Å². The van der Waals surface area contributed by atoms with Gasteiger partial charge in [0.05, 0.1) is 11.4 Å². The van der Waals surface area contributed by atoms with Crippen molar-refractivity contribution in [3.8, 4) is 16.2 Å². The number of aliphatic carboxylic acids is 1. The molecule has 0 saturated heterocycles. The second-order valence-corrected chi connectivity index (χ2v) is 10.4. The van der Waals surface area contributed by atoms with E-state index in [4.69, 9.17) is 4.74 Å². The van der Waals surface area contributed by atoms with Crippen LogP contribution < -0.4 is 4.74 Å². The lowest BCUT2D eigenvalue weighted by atomic mass is 10.1. The summed E-state index contributed by atoms with van der Waals surface area (Å²) in [6.45, 7) is 2.25. The van der Waals surface area contributed by atoms with E-state index < -0.39 is 22.0 Å².